The van der Waals surface area contributed by atoms with Gasteiger partial charge in [-0.1, -0.05) is 24.3 Å². The van der Waals surface area contributed by atoms with Crippen molar-refractivity contribution in [3.63, 3.8) is 0 Å². The first-order chi connectivity index (χ1) is 25.9. The Morgan fingerprint density at radius 3 is 1.85 bits per heavy atom. The number of hydrogen-bond donors (Lipinski definition) is 7. The third-order valence-corrected chi connectivity index (χ3v) is 8.18. The molecule has 15 heteroatoms. The lowest BCUT2D eigenvalue weighted by Crippen LogP contribution is -2.61. The Labute approximate surface area is 305 Å². The molecule has 1 aliphatic rings. The highest BCUT2D eigenvalue weighted by Gasteiger charge is 2.49. The van der Waals surface area contributed by atoms with Gasteiger partial charge in [0.05, 0.1) is 0 Å². The summed E-state index contributed by atoms with van der Waals surface area (Å²) in [5, 5.41) is 71.7. The average Bonchev–Trinajstić information content (AvgIpc) is 3.14. The van der Waals surface area contributed by atoms with E-state index in [9.17, 15) is 50.1 Å². The van der Waals surface area contributed by atoms with Crippen LogP contribution in [0.4, 0.5) is 0 Å². The lowest BCUT2D eigenvalue weighted by atomic mass is 9.98. The molecule has 278 valence electrons. The molecular formula is C39H32O15. The van der Waals surface area contributed by atoms with Gasteiger partial charge in [-0.05, 0) is 71.8 Å². The van der Waals surface area contributed by atoms with Crippen molar-refractivity contribution in [1.29, 1.82) is 0 Å². The molecule has 0 bridgehead atoms. The van der Waals surface area contributed by atoms with Crippen LogP contribution in [0.2, 0.25) is 0 Å². The number of carbonyl (C=O) groups is 2. The van der Waals surface area contributed by atoms with Crippen molar-refractivity contribution < 1.29 is 68.7 Å². The first kappa shape index (κ1) is 37.0. The predicted octanol–water partition coefficient (Wildman–Crippen LogP) is 3.70. The van der Waals surface area contributed by atoms with Crippen molar-refractivity contribution >= 4 is 35.1 Å². The second-order valence-electron chi connectivity index (χ2n) is 12.0. The van der Waals surface area contributed by atoms with Gasteiger partial charge >= 0.3 is 11.9 Å². The average molecular weight is 741 g/mol. The fourth-order valence-electron chi connectivity index (χ4n) is 5.46. The van der Waals surface area contributed by atoms with E-state index >= 15 is 0 Å². The number of phenolic OH excluding ortho intramolecular Hbond substituents is 5. The molecular weight excluding hydrogens is 708 g/mol. The van der Waals surface area contributed by atoms with Crippen molar-refractivity contribution in [2.45, 2.75) is 30.7 Å². The van der Waals surface area contributed by atoms with Gasteiger partial charge in [0.2, 0.25) is 17.5 Å². The van der Waals surface area contributed by atoms with Gasteiger partial charge < -0.3 is 59.1 Å². The Kier molecular flexibility index (Phi) is 10.8. The molecule has 0 radical (unpaired) electrons. The van der Waals surface area contributed by atoms with Crippen molar-refractivity contribution in [3.05, 3.63) is 118 Å². The second kappa shape index (κ2) is 15.8. The zero-order valence-corrected chi connectivity index (χ0v) is 27.9. The van der Waals surface area contributed by atoms with E-state index in [1.54, 1.807) is 12.1 Å². The lowest BCUT2D eigenvalue weighted by Gasteiger charge is -2.41. The summed E-state index contributed by atoms with van der Waals surface area (Å²) in [5.74, 6) is -4.01. The maximum atomic E-state index is 13.9. The zero-order chi connectivity index (χ0) is 38.5. The van der Waals surface area contributed by atoms with Crippen LogP contribution in [0.15, 0.2) is 106 Å². The van der Waals surface area contributed by atoms with Gasteiger partial charge in [0.15, 0.2) is 18.0 Å². The minimum atomic E-state index is -2.00. The molecule has 0 unspecified atom stereocenters. The van der Waals surface area contributed by atoms with Crippen LogP contribution in [0.1, 0.15) is 11.1 Å². The summed E-state index contributed by atoms with van der Waals surface area (Å²) >= 11 is 0. The Hall–Kier alpha value is -6.81. The summed E-state index contributed by atoms with van der Waals surface area (Å²) in [6, 6.07) is 19.0. The van der Waals surface area contributed by atoms with E-state index in [-0.39, 0.29) is 34.2 Å². The molecule has 6 rings (SSSR count). The molecule has 0 spiro atoms. The van der Waals surface area contributed by atoms with E-state index in [4.69, 9.17) is 23.4 Å². The Bertz CT molecular complexity index is 2260. The fraction of sp³-hybridized carbons (Fsp3) is 0.154. The van der Waals surface area contributed by atoms with Crippen LogP contribution >= 0.6 is 0 Å². The summed E-state index contributed by atoms with van der Waals surface area (Å²) in [4.78, 5) is 39.5. The summed E-state index contributed by atoms with van der Waals surface area (Å²) in [7, 11) is 0. The van der Waals surface area contributed by atoms with Gasteiger partial charge in [-0.25, -0.2) is 9.59 Å². The minimum Gasteiger partial charge on any atom is -0.508 e. The molecule has 2 heterocycles. The third kappa shape index (κ3) is 8.45. The maximum absolute atomic E-state index is 13.9. The number of ether oxygens (including phenoxy) is 4. The SMILES string of the molecule is O=C(C=Cc1ccc(O)cc1)OC[C@@H]1O[C@@H](Oc2c(-c3ccc(O)cc3)oc3cc(O)cc(O)c3c2=O)[C@@H](O)[C@H](OC(=O)C=Cc2ccc(O)cc2)[C@H]1O. The van der Waals surface area contributed by atoms with E-state index in [2.05, 4.69) is 0 Å². The number of aliphatic hydroxyl groups excluding tert-OH is 2. The van der Waals surface area contributed by atoms with E-state index in [1.807, 2.05) is 0 Å². The Balaban J connectivity index is 1.32. The standard InChI is InChI=1S/C39H32O15/c40-23-9-1-20(2-10-23)5-15-30(45)50-19-29-33(47)37(53-31(46)16-6-21-3-11-24(41)12-4-21)35(49)39(52-29)54-38-34(48)32-27(44)17-26(43)18-28(32)51-36(38)22-7-13-25(42)14-8-22/h1-18,29,33,35,37,39-44,47,49H,19H2/t29-,33-,35-,37+,39-/m0/s1. The molecule has 7 N–H and O–H groups in total. The molecule has 0 aliphatic carbocycles. The quantitative estimate of drug-likeness (QED) is 0.0798. The molecule has 5 atom stereocenters. The highest BCUT2D eigenvalue weighted by atomic mass is 16.7. The number of benzene rings is 4. The highest BCUT2D eigenvalue weighted by molar-refractivity contribution is 5.89. The number of aliphatic hydroxyl groups is 2. The highest BCUT2D eigenvalue weighted by Crippen LogP contribution is 2.38. The molecule has 15 nitrogen and oxygen atoms in total. The van der Waals surface area contributed by atoms with Gasteiger partial charge in [-0.3, -0.25) is 4.79 Å². The van der Waals surface area contributed by atoms with Gasteiger partial charge in [0, 0.05) is 29.8 Å². The smallest absolute Gasteiger partial charge is 0.331 e. The van der Waals surface area contributed by atoms with Crippen molar-refractivity contribution in [3.8, 4) is 45.8 Å². The van der Waals surface area contributed by atoms with Gasteiger partial charge in [-0.15, -0.1) is 0 Å². The Morgan fingerprint density at radius 2 is 1.26 bits per heavy atom. The number of carbonyl (C=O) groups excluding carboxylic acids is 2. The number of esters is 2. The van der Waals surface area contributed by atoms with Crippen LogP contribution in [-0.4, -0.2) is 85.0 Å². The molecule has 54 heavy (non-hydrogen) atoms. The second-order valence-corrected chi connectivity index (χ2v) is 12.0. The number of fused-ring (bicyclic) bond motifs is 1. The molecule has 1 aromatic heterocycles. The van der Waals surface area contributed by atoms with E-state index < -0.39 is 77.3 Å². The summed E-state index contributed by atoms with van der Waals surface area (Å²) in [6.07, 6.45) is -4.24. The normalized spacial score (nSPS) is 19.9. The van der Waals surface area contributed by atoms with Gasteiger partial charge in [0.1, 0.15) is 58.5 Å². The number of phenols is 5. The van der Waals surface area contributed by atoms with Gasteiger partial charge in [-0.2, -0.15) is 0 Å². The van der Waals surface area contributed by atoms with Crippen LogP contribution in [0, 0.1) is 0 Å². The third-order valence-electron chi connectivity index (χ3n) is 8.18. The molecule has 1 fully saturated rings. The zero-order valence-electron chi connectivity index (χ0n) is 27.9. The number of aromatic hydroxyl groups is 5. The van der Waals surface area contributed by atoms with Crippen LogP contribution in [0.3, 0.4) is 0 Å². The molecule has 1 saturated heterocycles. The topological polar surface area (TPSA) is 243 Å². The van der Waals surface area contributed by atoms with Crippen molar-refractivity contribution in [2.24, 2.45) is 0 Å². The van der Waals surface area contributed by atoms with Crippen LogP contribution in [0.5, 0.6) is 34.5 Å². The summed E-state index contributed by atoms with van der Waals surface area (Å²) in [5.41, 5.74) is 0.00793. The first-order valence-electron chi connectivity index (χ1n) is 16.2. The predicted molar refractivity (Wildman–Crippen MR) is 189 cm³/mol. The number of hydrogen-bond acceptors (Lipinski definition) is 15. The van der Waals surface area contributed by atoms with Crippen molar-refractivity contribution in [2.75, 3.05) is 6.61 Å². The van der Waals surface area contributed by atoms with Gasteiger partial charge in [0.25, 0.3) is 0 Å². The first-order valence-corrected chi connectivity index (χ1v) is 16.2. The molecule has 0 amide bonds. The molecule has 4 aromatic carbocycles. The van der Waals surface area contributed by atoms with E-state index in [0.717, 1.165) is 24.3 Å². The minimum absolute atomic E-state index is 0.000756. The van der Waals surface area contributed by atoms with Crippen LogP contribution < -0.4 is 10.2 Å². The summed E-state index contributed by atoms with van der Waals surface area (Å²) in [6.45, 7) is -0.666. The monoisotopic (exact) mass is 740 g/mol. The molecule has 1 aliphatic heterocycles. The van der Waals surface area contributed by atoms with E-state index in [0.29, 0.717) is 11.1 Å². The lowest BCUT2D eigenvalue weighted by molar-refractivity contribution is -0.281. The van der Waals surface area contributed by atoms with Crippen LogP contribution in [-0.2, 0) is 23.8 Å². The summed E-state index contributed by atoms with van der Waals surface area (Å²) < 4.78 is 28.3. The van der Waals surface area contributed by atoms with Crippen LogP contribution in [0.25, 0.3) is 34.4 Å². The largest absolute Gasteiger partial charge is 0.508 e. The van der Waals surface area contributed by atoms with E-state index in [1.165, 1.54) is 72.8 Å². The maximum Gasteiger partial charge on any atom is 0.331 e. The molecule has 0 saturated carbocycles. The number of rotatable bonds is 10. The fourth-order valence-corrected chi connectivity index (χ4v) is 5.46. The Morgan fingerprint density at radius 1 is 0.704 bits per heavy atom. The molecule has 5 aromatic rings. The van der Waals surface area contributed by atoms with Crippen molar-refractivity contribution in [1.82, 2.24) is 0 Å².